The number of amides is 2. The van der Waals surface area contributed by atoms with Crippen LogP contribution in [0.4, 0.5) is 17.6 Å². The Morgan fingerprint density at radius 2 is 1.60 bits per heavy atom. The summed E-state index contributed by atoms with van der Waals surface area (Å²) in [6, 6.07) is 7.38. The highest BCUT2D eigenvalue weighted by molar-refractivity contribution is 5.94. The number of hydrogen-bond acceptors (Lipinski definition) is 6. The van der Waals surface area contributed by atoms with Gasteiger partial charge in [0.15, 0.2) is 17.4 Å². The number of aliphatic hydroxyl groups is 1. The van der Waals surface area contributed by atoms with Gasteiger partial charge in [0.1, 0.15) is 18.3 Å². The van der Waals surface area contributed by atoms with E-state index in [1.165, 1.54) is 0 Å². The van der Waals surface area contributed by atoms with Crippen molar-refractivity contribution in [2.24, 2.45) is 5.92 Å². The molecule has 8 nitrogen and oxygen atoms in total. The number of nitrogens with one attached hydrogen (secondary N) is 1. The lowest BCUT2D eigenvalue weighted by atomic mass is 9.94. The van der Waals surface area contributed by atoms with E-state index in [0.29, 0.717) is 31.5 Å². The molecule has 2 amide bonds. The van der Waals surface area contributed by atoms with Crippen LogP contribution in [0.25, 0.3) is 0 Å². The van der Waals surface area contributed by atoms with Gasteiger partial charge in [-0.15, -0.1) is 0 Å². The van der Waals surface area contributed by atoms with Gasteiger partial charge in [0.25, 0.3) is 5.91 Å². The predicted molar refractivity (Wildman–Crippen MR) is 135 cm³/mol. The summed E-state index contributed by atoms with van der Waals surface area (Å²) in [5.74, 6) is -10.4. The van der Waals surface area contributed by atoms with E-state index in [1.54, 1.807) is 56.0 Å². The van der Waals surface area contributed by atoms with E-state index in [4.69, 9.17) is 9.47 Å². The first-order chi connectivity index (χ1) is 18.8. The molecular formula is C28H32F4N2O6. The Morgan fingerprint density at radius 1 is 1.02 bits per heavy atom. The highest BCUT2D eigenvalue weighted by atomic mass is 19.2. The number of hydrogen-bond donors (Lipinski definition) is 2. The first kappa shape index (κ1) is 30.9. The number of rotatable bonds is 9. The van der Waals surface area contributed by atoms with E-state index in [0.717, 1.165) is 0 Å². The van der Waals surface area contributed by atoms with Crippen molar-refractivity contribution in [3.63, 3.8) is 0 Å². The molecule has 2 N–H and O–H groups in total. The molecule has 0 spiro atoms. The Hall–Kier alpha value is -3.67. The minimum atomic E-state index is -1.80. The van der Waals surface area contributed by atoms with Gasteiger partial charge < -0.3 is 24.8 Å². The number of piperidine rings is 1. The summed E-state index contributed by atoms with van der Waals surface area (Å²) >= 11 is 0. The third-order valence-corrected chi connectivity index (χ3v) is 6.24. The summed E-state index contributed by atoms with van der Waals surface area (Å²) in [4.78, 5) is 39.8. The maximum atomic E-state index is 14.0. The average molecular weight is 569 g/mol. The van der Waals surface area contributed by atoms with Crippen molar-refractivity contribution in [3.8, 4) is 5.75 Å². The van der Waals surface area contributed by atoms with Crippen LogP contribution in [0.2, 0.25) is 0 Å². The Kier molecular flexibility index (Phi) is 10.1. The fourth-order valence-corrected chi connectivity index (χ4v) is 4.22. The fourth-order valence-electron chi connectivity index (χ4n) is 4.22. The van der Waals surface area contributed by atoms with Crippen molar-refractivity contribution in [3.05, 3.63) is 65.2 Å². The molecule has 1 saturated heterocycles. The molecule has 1 fully saturated rings. The number of benzene rings is 2. The van der Waals surface area contributed by atoms with E-state index < -0.39 is 77.6 Å². The predicted octanol–water partition coefficient (Wildman–Crippen LogP) is 3.75. The van der Waals surface area contributed by atoms with E-state index in [9.17, 15) is 37.1 Å². The second-order valence-electron chi connectivity index (χ2n) is 10.5. The van der Waals surface area contributed by atoms with Gasteiger partial charge in [-0.2, -0.15) is 8.78 Å². The Labute approximate surface area is 229 Å². The van der Waals surface area contributed by atoms with Gasteiger partial charge in [0.05, 0.1) is 12.5 Å². The van der Waals surface area contributed by atoms with Crippen molar-refractivity contribution >= 4 is 17.8 Å². The van der Waals surface area contributed by atoms with Gasteiger partial charge >= 0.3 is 5.97 Å². The molecule has 3 rings (SSSR count). The minimum Gasteiger partial charge on any atom is -0.485 e. The molecule has 1 aliphatic rings. The molecule has 1 heterocycles. The van der Waals surface area contributed by atoms with Crippen LogP contribution in [0.1, 0.15) is 50.4 Å². The number of halogens is 4. The molecule has 2 aromatic carbocycles. The number of aliphatic hydroxyl groups excluding tert-OH is 1. The third-order valence-electron chi connectivity index (χ3n) is 6.24. The van der Waals surface area contributed by atoms with Crippen LogP contribution in [-0.2, 0) is 14.3 Å². The van der Waals surface area contributed by atoms with Gasteiger partial charge in [0, 0.05) is 30.6 Å². The minimum absolute atomic E-state index is 0.0121. The Morgan fingerprint density at radius 3 is 2.15 bits per heavy atom. The van der Waals surface area contributed by atoms with Gasteiger partial charge in [-0.05, 0) is 45.7 Å². The molecule has 2 aromatic rings. The summed E-state index contributed by atoms with van der Waals surface area (Å²) in [6.07, 6.45) is -1.62. The first-order valence-corrected chi connectivity index (χ1v) is 12.8. The molecule has 2 atom stereocenters. The van der Waals surface area contributed by atoms with E-state index in [1.807, 2.05) is 0 Å². The normalized spacial score (nSPS) is 15.8. The smallest absolute Gasteiger partial charge is 0.308 e. The van der Waals surface area contributed by atoms with E-state index in [-0.39, 0.29) is 12.0 Å². The molecule has 0 radical (unpaired) electrons. The summed E-state index contributed by atoms with van der Waals surface area (Å²) < 4.78 is 65.1. The topological polar surface area (TPSA) is 105 Å². The number of nitrogens with zero attached hydrogens (tertiary/aromatic N) is 1. The van der Waals surface area contributed by atoms with Gasteiger partial charge in [-0.25, -0.2) is 8.78 Å². The second-order valence-corrected chi connectivity index (χ2v) is 10.5. The molecule has 1 unspecified atom stereocenters. The zero-order valence-corrected chi connectivity index (χ0v) is 22.4. The average Bonchev–Trinajstić information content (AvgIpc) is 2.90. The zero-order chi connectivity index (χ0) is 29.6. The lowest BCUT2D eigenvalue weighted by Crippen LogP contribution is -2.51. The van der Waals surface area contributed by atoms with Gasteiger partial charge in [-0.3, -0.25) is 14.4 Å². The number of carbonyl (C=O) groups excluding carboxylic acids is 3. The standard InChI is InChI=1S/C28H32F4N2O6/c1-28(2,3)40-22(36)14-20(21(35)15-39-25-23(31)18(29)13-19(30)24(25)32)33-26(37)16-9-11-34(12-10-16)27(38)17-7-5-4-6-8-17/h4-8,13,16,20-21,35H,9-12,14-15H2,1-3H3,(H,33,37)/t20-,21?/m0/s1. The number of esters is 1. The van der Waals surface area contributed by atoms with Crippen LogP contribution in [0.5, 0.6) is 5.75 Å². The molecule has 0 aliphatic carbocycles. The summed E-state index contributed by atoms with van der Waals surface area (Å²) in [5.41, 5.74) is -0.353. The number of likely N-dealkylation sites (tertiary alicyclic amines) is 1. The summed E-state index contributed by atoms with van der Waals surface area (Å²) in [6.45, 7) is 4.55. The number of ether oxygens (including phenoxy) is 2. The molecule has 0 aromatic heterocycles. The Balaban J connectivity index is 1.66. The van der Waals surface area contributed by atoms with Crippen LogP contribution in [0.15, 0.2) is 36.4 Å². The van der Waals surface area contributed by atoms with Crippen LogP contribution in [-0.4, -0.2) is 65.2 Å². The Bertz CT molecular complexity index is 1190. The summed E-state index contributed by atoms with van der Waals surface area (Å²) in [5, 5.41) is 13.3. The van der Waals surface area contributed by atoms with Crippen LogP contribution < -0.4 is 10.1 Å². The second kappa shape index (κ2) is 13.1. The molecular weight excluding hydrogens is 536 g/mol. The van der Waals surface area contributed by atoms with Crippen molar-refractivity contribution in [2.75, 3.05) is 19.7 Å². The third kappa shape index (κ3) is 8.17. The van der Waals surface area contributed by atoms with Crippen molar-refractivity contribution < 1.29 is 46.5 Å². The molecule has 0 bridgehead atoms. The lowest BCUT2D eigenvalue weighted by Gasteiger charge is -2.33. The lowest BCUT2D eigenvalue weighted by molar-refractivity contribution is -0.156. The molecule has 0 saturated carbocycles. The van der Waals surface area contributed by atoms with E-state index in [2.05, 4.69) is 5.32 Å². The monoisotopic (exact) mass is 568 g/mol. The fraction of sp³-hybridized carbons (Fsp3) is 0.464. The van der Waals surface area contributed by atoms with Crippen LogP contribution in [0, 0.1) is 29.2 Å². The van der Waals surface area contributed by atoms with E-state index >= 15 is 0 Å². The van der Waals surface area contributed by atoms with Crippen molar-refractivity contribution in [1.29, 1.82) is 0 Å². The van der Waals surface area contributed by atoms with Gasteiger partial charge in [-0.1, -0.05) is 18.2 Å². The molecule has 12 heteroatoms. The number of carbonyl (C=O) groups is 3. The van der Waals surface area contributed by atoms with Crippen molar-refractivity contribution in [1.82, 2.24) is 10.2 Å². The van der Waals surface area contributed by atoms with Gasteiger partial charge in [0.2, 0.25) is 17.5 Å². The molecule has 218 valence electrons. The zero-order valence-electron chi connectivity index (χ0n) is 22.4. The maximum absolute atomic E-state index is 14.0. The maximum Gasteiger partial charge on any atom is 0.308 e. The SMILES string of the molecule is CC(C)(C)OC(=O)C[C@H](NC(=O)C1CCN(C(=O)c2ccccc2)CC1)C(O)COc1c(F)c(F)cc(F)c1F. The molecule has 1 aliphatic heterocycles. The van der Waals surface area contributed by atoms with Crippen LogP contribution >= 0.6 is 0 Å². The quantitative estimate of drug-likeness (QED) is 0.271. The first-order valence-electron chi connectivity index (χ1n) is 12.8. The van der Waals surface area contributed by atoms with Crippen LogP contribution in [0.3, 0.4) is 0 Å². The summed E-state index contributed by atoms with van der Waals surface area (Å²) in [7, 11) is 0. The van der Waals surface area contributed by atoms with Crippen molar-refractivity contribution in [2.45, 2.75) is 57.8 Å². The highest BCUT2D eigenvalue weighted by Crippen LogP contribution is 2.27. The highest BCUT2D eigenvalue weighted by Gasteiger charge is 2.33. The molecule has 40 heavy (non-hydrogen) atoms. The largest absolute Gasteiger partial charge is 0.485 e.